The van der Waals surface area contributed by atoms with E-state index < -0.39 is 6.23 Å². The highest BCUT2D eigenvalue weighted by Crippen LogP contribution is 2.14. The monoisotopic (exact) mass is 159 g/mol. The Morgan fingerprint density at radius 2 is 2.45 bits per heavy atom. The lowest BCUT2D eigenvalue weighted by Crippen LogP contribution is -2.38. The molecule has 4 heteroatoms. The Hall–Kier alpha value is -0.610. The van der Waals surface area contributed by atoms with Crippen molar-refractivity contribution in [2.45, 2.75) is 38.1 Å². The minimum atomic E-state index is -0.433. The summed E-state index contributed by atoms with van der Waals surface area (Å²) in [5.41, 5.74) is 0. The van der Waals surface area contributed by atoms with Gasteiger partial charge >= 0.3 is 0 Å². The minimum Gasteiger partial charge on any atom is -0.463 e. The van der Waals surface area contributed by atoms with Crippen LogP contribution in [-0.2, 0) is 9.53 Å². The van der Waals surface area contributed by atoms with Gasteiger partial charge in [0, 0.05) is 6.04 Å². The maximum Gasteiger partial charge on any atom is 0.293 e. The van der Waals surface area contributed by atoms with Crippen molar-refractivity contribution in [2.24, 2.45) is 0 Å². The first-order valence-corrected chi connectivity index (χ1v) is 3.77. The smallest absolute Gasteiger partial charge is 0.293 e. The number of rotatable bonds is 3. The molecule has 0 amide bonds. The lowest BCUT2D eigenvalue weighted by molar-refractivity contribution is -0.134. The van der Waals surface area contributed by atoms with Gasteiger partial charge in [0.1, 0.15) is 12.3 Å². The second-order valence-electron chi connectivity index (χ2n) is 2.80. The van der Waals surface area contributed by atoms with Gasteiger partial charge in [-0.3, -0.25) is 10.1 Å². The van der Waals surface area contributed by atoms with Gasteiger partial charge in [0.15, 0.2) is 0 Å². The second kappa shape index (κ2) is 3.69. The average Bonchev–Trinajstić information content (AvgIpc) is 2.36. The van der Waals surface area contributed by atoms with Crippen LogP contribution >= 0.6 is 0 Å². The minimum absolute atomic E-state index is 0.107. The number of ether oxygens (including phenoxy) is 1. The fraction of sp³-hybridized carbons (Fsp3) is 0.857. The summed E-state index contributed by atoms with van der Waals surface area (Å²) < 4.78 is 4.72. The van der Waals surface area contributed by atoms with Crippen LogP contribution in [-0.4, -0.2) is 30.0 Å². The molecule has 0 radical (unpaired) electrons. The van der Waals surface area contributed by atoms with E-state index in [1.807, 2.05) is 6.92 Å². The average molecular weight is 159 g/mol. The van der Waals surface area contributed by atoms with Crippen molar-refractivity contribution >= 4 is 6.47 Å². The highest BCUT2D eigenvalue weighted by atomic mass is 16.5. The first kappa shape index (κ1) is 8.49. The molecule has 0 bridgehead atoms. The molecule has 1 heterocycles. The number of hydrogen-bond acceptors (Lipinski definition) is 4. The van der Waals surface area contributed by atoms with Gasteiger partial charge in [0.2, 0.25) is 0 Å². The predicted molar refractivity (Wildman–Crippen MR) is 38.8 cm³/mol. The van der Waals surface area contributed by atoms with Crippen LogP contribution in [0.4, 0.5) is 0 Å². The zero-order valence-corrected chi connectivity index (χ0v) is 6.49. The molecule has 0 aliphatic carbocycles. The quantitative estimate of drug-likeness (QED) is 0.551. The van der Waals surface area contributed by atoms with E-state index in [1.165, 1.54) is 0 Å². The summed E-state index contributed by atoms with van der Waals surface area (Å²) in [6, 6.07) is 0.107. The summed E-state index contributed by atoms with van der Waals surface area (Å²) in [5, 5.41) is 12.0. The number of carbonyl (C=O) groups excluding carboxylic acids is 1. The highest BCUT2D eigenvalue weighted by Gasteiger charge is 2.26. The second-order valence-corrected chi connectivity index (χ2v) is 2.80. The van der Waals surface area contributed by atoms with Crippen molar-refractivity contribution in [1.82, 2.24) is 5.32 Å². The molecular formula is C7H13NO3. The van der Waals surface area contributed by atoms with Gasteiger partial charge in [-0.15, -0.1) is 0 Å². The Bertz CT molecular complexity index is 140. The molecule has 1 aliphatic rings. The lowest BCUT2D eigenvalue weighted by Gasteiger charge is -2.17. The summed E-state index contributed by atoms with van der Waals surface area (Å²) in [6.45, 7) is 2.25. The highest BCUT2D eigenvalue weighted by molar-refractivity contribution is 5.37. The fourth-order valence-electron chi connectivity index (χ4n) is 1.30. The van der Waals surface area contributed by atoms with E-state index in [2.05, 4.69) is 5.32 Å². The largest absolute Gasteiger partial charge is 0.463 e. The van der Waals surface area contributed by atoms with E-state index in [0.29, 0.717) is 6.47 Å². The maximum absolute atomic E-state index is 9.94. The van der Waals surface area contributed by atoms with Crippen LogP contribution in [0.15, 0.2) is 0 Å². The molecule has 0 spiro atoms. The Morgan fingerprint density at radius 1 is 1.73 bits per heavy atom. The van der Waals surface area contributed by atoms with Crippen molar-refractivity contribution in [3.63, 3.8) is 0 Å². The third-order valence-corrected chi connectivity index (χ3v) is 1.99. The molecule has 2 N–H and O–H groups in total. The first-order chi connectivity index (χ1) is 5.24. The molecule has 1 saturated heterocycles. The Balaban J connectivity index is 2.30. The van der Waals surface area contributed by atoms with E-state index in [9.17, 15) is 4.79 Å². The fourth-order valence-corrected chi connectivity index (χ4v) is 1.30. The molecule has 64 valence electrons. The van der Waals surface area contributed by atoms with Crippen LogP contribution in [0.1, 0.15) is 19.8 Å². The molecule has 1 aliphatic heterocycles. The predicted octanol–water partition coefficient (Wildman–Crippen LogP) is -0.382. The summed E-state index contributed by atoms with van der Waals surface area (Å²) in [7, 11) is 0. The van der Waals surface area contributed by atoms with E-state index in [0.717, 1.165) is 12.8 Å². The van der Waals surface area contributed by atoms with Crippen molar-refractivity contribution in [3.8, 4) is 0 Å². The van der Waals surface area contributed by atoms with Crippen LogP contribution in [0.5, 0.6) is 0 Å². The van der Waals surface area contributed by atoms with E-state index in [4.69, 9.17) is 9.84 Å². The maximum atomic E-state index is 9.94. The molecule has 0 aromatic heterocycles. The number of nitrogens with one attached hydrogen (secondary N) is 1. The Labute approximate surface area is 65.5 Å². The molecule has 4 nitrogen and oxygen atoms in total. The van der Waals surface area contributed by atoms with Crippen LogP contribution in [0.3, 0.4) is 0 Å². The molecule has 3 atom stereocenters. The van der Waals surface area contributed by atoms with Crippen molar-refractivity contribution in [1.29, 1.82) is 0 Å². The van der Waals surface area contributed by atoms with Crippen LogP contribution in [0.2, 0.25) is 0 Å². The lowest BCUT2D eigenvalue weighted by atomic mass is 10.1. The molecule has 3 unspecified atom stereocenters. The van der Waals surface area contributed by atoms with Crippen LogP contribution < -0.4 is 5.32 Å². The van der Waals surface area contributed by atoms with Gasteiger partial charge in [-0.25, -0.2) is 0 Å². The first-order valence-electron chi connectivity index (χ1n) is 3.77. The van der Waals surface area contributed by atoms with Gasteiger partial charge in [0.05, 0.1) is 0 Å². The number of aliphatic hydroxyl groups excluding tert-OH is 1. The molecule has 1 fully saturated rings. The normalized spacial score (nSPS) is 33.3. The van der Waals surface area contributed by atoms with Crippen molar-refractivity contribution in [3.05, 3.63) is 0 Å². The topological polar surface area (TPSA) is 58.6 Å². The molecule has 0 aromatic rings. The Morgan fingerprint density at radius 3 is 2.91 bits per heavy atom. The van der Waals surface area contributed by atoms with Crippen LogP contribution in [0, 0.1) is 0 Å². The summed E-state index contributed by atoms with van der Waals surface area (Å²) >= 11 is 0. The van der Waals surface area contributed by atoms with Gasteiger partial charge < -0.3 is 9.84 Å². The van der Waals surface area contributed by atoms with Crippen LogP contribution in [0.25, 0.3) is 0 Å². The summed E-state index contributed by atoms with van der Waals surface area (Å²) in [4.78, 5) is 9.94. The third kappa shape index (κ3) is 2.17. The van der Waals surface area contributed by atoms with Gasteiger partial charge in [-0.2, -0.15) is 0 Å². The molecule has 1 rings (SSSR count). The molecule has 0 aromatic carbocycles. The van der Waals surface area contributed by atoms with Gasteiger partial charge in [-0.05, 0) is 19.8 Å². The zero-order valence-electron chi connectivity index (χ0n) is 6.49. The molecular weight excluding hydrogens is 146 g/mol. The standard InChI is InChI=1S/C7H13NO3/c1-5(11-4-9)6-2-3-7(10)8-6/h4-8,10H,2-3H2,1H3. The number of hydrogen-bond donors (Lipinski definition) is 2. The van der Waals surface area contributed by atoms with E-state index in [1.54, 1.807) is 0 Å². The van der Waals surface area contributed by atoms with E-state index >= 15 is 0 Å². The van der Waals surface area contributed by atoms with Crippen molar-refractivity contribution < 1.29 is 14.6 Å². The van der Waals surface area contributed by atoms with Crippen molar-refractivity contribution in [2.75, 3.05) is 0 Å². The molecule has 0 saturated carbocycles. The SMILES string of the molecule is CC(OC=O)C1CCC(O)N1. The Kier molecular flexibility index (Phi) is 2.84. The number of aliphatic hydroxyl groups is 1. The van der Waals surface area contributed by atoms with Gasteiger partial charge in [0.25, 0.3) is 6.47 Å². The van der Waals surface area contributed by atoms with E-state index in [-0.39, 0.29) is 12.1 Å². The molecule has 11 heavy (non-hydrogen) atoms. The summed E-state index contributed by atoms with van der Waals surface area (Å²) in [5.74, 6) is 0. The zero-order chi connectivity index (χ0) is 8.27. The number of carbonyl (C=O) groups is 1. The van der Waals surface area contributed by atoms with Gasteiger partial charge in [-0.1, -0.05) is 0 Å². The third-order valence-electron chi connectivity index (χ3n) is 1.99. The summed E-state index contributed by atoms with van der Waals surface area (Å²) in [6.07, 6.45) is 1.01.